The molecule has 0 unspecified atom stereocenters. The molecule has 0 aliphatic heterocycles. The highest BCUT2D eigenvalue weighted by atomic mass is 16.5. The third-order valence-electron chi connectivity index (χ3n) is 11.7. The van der Waals surface area contributed by atoms with Gasteiger partial charge in [0.15, 0.2) is 0 Å². The Labute approximate surface area is 480 Å². The van der Waals surface area contributed by atoms with Gasteiger partial charge in [0.2, 0.25) is 0 Å². The number of aromatic hydroxyl groups is 1. The summed E-state index contributed by atoms with van der Waals surface area (Å²) in [6.45, 7) is 47.9. The highest BCUT2D eigenvalue weighted by molar-refractivity contribution is 6.14. The minimum absolute atomic E-state index is 0.0648. The summed E-state index contributed by atoms with van der Waals surface area (Å²) in [6, 6.07) is 43.1. The van der Waals surface area contributed by atoms with E-state index < -0.39 is 0 Å². The van der Waals surface area contributed by atoms with E-state index in [2.05, 4.69) is 221 Å². The minimum atomic E-state index is 0.0648. The zero-order valence-electron chi connectivity index (χ0n) is 51.5. The van der Waals surface area contributed by atoms with Gasteiger partial charge in [-0.05, 0) is 163 Å². The van der Waals surface area contributed by atoms with E-state index in [0.29, 0.717) is 23.2 Å². The van der Waals surface area contributed by atoms with Crippen LogP contribution in [0.25, 0.3) is 59.8 Å². The van der Waals surface area contributed by atoms with E-state index in [-0.39, 0.29) is 12.4 Å². The first kappa shape index (κ1) is 73.7. The van der Waals surface area contributed by atoms with Crippen LogP contribution in [-0.4, -0.2) is 35.1 Å². The van der Waals surface area contributed by atoms with Gasteiger partial charge >= 0.3 is 0 Å². The largest absolute Gasteiger partial charge is 0.508 e. The lowest BCUT2D eigenvalue weighted by Crippen LogP contribution is -1.95. The lowest BCUT2D eigenvalue weighted by atomic mass is 9.87. The van der Waals surface area contributed by atoms with Crippen LogP contribution in [0.3, 0.4) is 0 Å². The Morgan fingerprint density at radius 2 is 1.06 bits per heavy atom. The van der Waals surface area contributed by atoms with Crippen molar-refractivity contribution in [3.8, 4) is 29.2 Å². The summed E-state index contributed by atoms with van der Waals surface area (Å²) < 4.78 is 4.98. The van der Waals surface area contributed by atoms with Gasteiger partial charge in [0.1, 0.15) is 11.5 Å². The quantitative estimate of drug-likeness (QED) is 0.0269. The molecule has 0 aliphatic carbocycles. The molecule has 0 amide bonds. The normalized spacial score (nSPS) is 10.5. The molecule has 0 spiro atoms. The monoisotopic (exact) mass is 1060 g/mol. The van der Waals surface area contributed by atoms with Crippen LogP contribution in [-0.2, 0) is 11.2 Å². The predicted molar refractivity (Wildman–Crippen MR) is 358 cm³/mol. The molecule has 0 saturated heterocycles. The smallest absolute Gasteiger partial charge is 0.130 e. The summed E-state index contributed by atoms with van der Waals surface area (Å²) in [7, 11) is 0. The SMILES string of the molecule is C#CC.C/C(=C\Cc1c2ccccc2cc2ccccc12)C(C)C.C/C=C\C=C(/C)c1cc(C(C)C)cc(-c2c3ccccc3cc3ccccc23)c1O.C=C(C)C(=C)O.C=C/C=C\C=C.CC.CC.CCCOCC.CCO. The second-order valence-electron chi connectivity index (χ2n) is 18.2. The van der Waals surface area contributed by atoms with Crippen molar-refractivity contribution in [2.45, 2.75) is 130 Å². The van der Waals surface area contributed by atoms with Crippen molar-refractivity contribution in [2.75, 3.05) is 19.8 Å². The maximum Gasteiger partial charge on any atom is 0.130 e. The molecule has 3 N–H and O–H groups in total. The Kier molecular flexibility index (Phi) is 41.5. The Morgan fingerprint density at radius 3 is 1.39 bits per heavy atom. The first-order valence-corrected chi connectivity index (χ1v) is 28.1. The third kappa shape index (κ3) is 26.7. The Hall–Kier alpha value is -7.42. The Balaban J connectivity index is 0. The summed E-state index contributed by atoms with van der Waals surface area (Å²) in [6.07, 6.45) is 22.3. The number of hydrogen-bond acceptors (Lipinski definition) is 4. The highest BCUT2D eigenvalue weighted by Crippen LogP contribution is 2.44. The van der Waals surface area contributed by atoms with Gasteiger partial charge in [-0.15, -0.1) is 12.3 Å². The average molecular weight is 1070 g/mol. The Bertz CT molecular complexity index is 2900. The van der Waals surface area contributed by atoms with Crippen LogP contribution < -0.4 is 0 Å². The molecule has 0 saturated carbocycles. The van der Waals surface area contributed by atoms with Crippen LogP contribution in [0.1, 0.15) is 140 Å². The molecule has 0 bridgehead atoms. The summed E-state index contributed by atoms with van der Waals surface area (Å²) in [5, 5.41) is 37.5. The summed E-state index contributed by atoms with van der Waals surface area (Å²) >= 11 is 0. The molecule has 79 heavy (non-hydrogen) atoms. The van der Waals surface area contributed by atoms with Gasteiger partial charge in [-0.2, -0.15) is 0 Å². The van der Waals surface area contributed by atoms with Gasteiger partial charge in [-0.1, -0.05) is 240 Å². The average Bonchev–Trinajstić information content (AvgIpc) is 3.47. The van der Waals surface area contributed by atoms with Crippen molar-refractivity contribution in [2.24, 2.45) is 5.92 Å². The molecule has 0 radical (unpaired) electrons. The number of rotatable bonds is 13. The van der Waals surface area contributed by atoms with E-state index in [1.54, 1.807) is 32.9 Å². The molecule has 0 fully saturated rings. The number of phenols is 1. The molecule has 0 atom stereocenters. The highest BCUT2D eigenvalue weighted by Gasteiger charge is 2.19. The predicted octanol–water partition coefficient (Wildman–Crippen LogP) is 22.3. The zero-order chi connectivity index (χ0) is 60.3. The molecule has 4 nitrogen and oxygen atoms in total. The van der Waals surface area contributed by atoms with Crippen LogP contribution in [0.2, 0.25) is 0 Å². The van der Waals surface area contributed by atoms with Crippen molar-refractivity contribution in [1.29, 1.82) is 0 Å². The maximum atomic E-state index is 11.5. The second-order valence-corrected chi connectivity index (χ2v) is 18.2. The van der Waals surface area contributed by atoms with E-state index in [1.165, 1.54) is 49.0 Å². The maximum absolute atomic E-state index is 11.5. The molecular formula is C75H100O4. The first-order chi connectivity index (χ1) is 38.0. The fourth-order valence-electron chi connectivity index (χ4n) is 7.39. The van der Waals surface area contributed by atoms with Crippen LogP contribution in [0.15, 0.2) is 213 Å². The number of hydrogen-bond donors (Lipinski definition) is 3. The second kappa shape index (κ2) is 44.5. The molecule has 7 aromatic rings. The van der Waals surface area contributed by atoms with Crippen molar-refractivity contribution >= 4 is 48.7 Å². The van der Waals surface area contributed by atoms with Gasteiger partial charge in [0.05, 0.1) is 0 Å². The third-order valence-corrected chi connectivity index (χ3v) is 11.7. The molecule has 0 aromatic heterocycles. The standard InChI is InChI=1S/C29H28O.C21H22.C6H8.C5H8O.C5H12O.C3H4.C2H6O.2C2H6/c1-5-6-11-20(4)26-17-23(19(2)3)18-27(29(26)30)28-24-14-9-7-12-21(24)16-22-13-8-10-15-25(22)28;1-15(2)16(3)12-13-21-19-10-6-4-8-17(19)14-18-9-5-7-11-20(18)21;1-3-5-6-4-2;1-4(2)5(3)6;1-3-5-6-4-2;1-3-2;1-2-3;2*1-2/h5-19,30H,1-4H3;4-12,14-15H,13H2,1-3H3;3-6H,1-2H2;6H,1,3H2,2H3;3-5H2,1-2H3;1H,2H3;3H,2H2,1H3;2*1-2H3/b6-5-,20-11+;16-12+;6-5-;;;;;;. The van der Waals surface area contributed by atoms with Gasteiger partial charge < -0.3 is 20.1 Å². The summed E-state index contributed by atoms with van der Waals surface area (Å²) in [5.74, 6) is 3.64. The summed E-state index contributed by atoms with van der Waals surface area (Å²) in [5.41, 5.74) is 8.71. The molecule has 7 aromatic carbocycles. The van der Waals surface area contributed by atoms with Crippen LogP contribution in [0, 0.1) is 18.3 Å². The zero-order valence-corrected chi connectivity index (χ0v) is 51.5. The molecule has 4 heteroatoms. The van der Waals surface area contributed by atoms with Crippen LogP contribution in [0.4, 0.5) is 0 Å². The molecule has 0 aliphatic rings. The number of terminal acetylenes is 1. The van der Waals surface area contributed by atoms with Gasteiger partial charge in [0.25, 0.3) is 0 Å². The lowest BCUT2D eigenvalue weighted by molar-refractivity contribution is 0.148. The van der Waals surface area contributed by atoms with Crippen molar-refractivity contribution in [3.05, 3.63) is 230 Å². The van der Waals surface area contributed by atoms with Gasteiger partial charge in [0, 0.05) is 36.5 Å². The van der Waals surface area contributed by atoms with E-state index in [4.69, 9.17) is 14.9 Å². The van der Waals surface area contributed by atoms with E-state index in [0.717, 1.165) is 59.1 Å². The molecule has 7 rings (SSSR count). The minimum Gasteiger partial charge on any atom is -0.508 e. The number of phenolic OH excluding ortho intramolecular Hbond substituents is 1. The first-order valence-electron chi connectivity index (χ1n) is 28.1. The van der Waals surface area contributed by atoms with Gasteiger partial charge in [-0.3, -0.25) is 0 Å². The number of fused-ring (bicyclic) bond motifs is 4. The number of aliphatic hydroxyl groups excluding tert-OH is 2. The summed E-state index contributed by atoms with van der Waals surface area (Å²) in [4.78, 5) is 0. The van der Waals surface area contributed by atoms with Crippen molar-refractivity contribution < 1.29 is 20.1 Å². The molecule has 0 heterocycles. The van der Waals surface area contributed by atoms with Crippen molar-refractivity contribution in [3.63, 3.8) is 0 Å². The Morgan fingerprint density at radius 1 is 0.671 bits per heavy atom. The number of benzene rings is 7. The topological polar surface area (TPSA) is 69.9 Å². The van der Waals surface area contributed by atoms with E-state index in [9.17, 15) is 5.11 Å². The lowest BCUT2D eigenvalue weighted by Gasteiger charge is -2.19. The number of allylic oxidation sites excluding steroid dienone is 11. The van der Waals surface area contributed by atoms with Gasteiger partial charge in [-0.25, -0.2) is 0 Å². The fourth-order valence-corrected chi connectivity index (χ4v) is 7.39. The van der Waals surface area contributed by atoms with Crippen LogP contribution in [0.5, 0.6) is 5.75 Å². The van der Waals surface area contributed by atoms with Crippen molar-refractivity contribution in [1.82, 2.24) is 0 Å². The number of aliphatic hydroxyl groups is 2. The fraction of sp³-hybridized carbons (Fsp3) is 0.307. The van der Waals surface area contributed by atoms with E-state index in [1.807, 2.05) is 65.8 Å². The molecular weight excluding hydrogens is 965 g/mol. The molecule has 424 valence electrons. The number of ether oxygens (including phenoxy) is 1. The van der Waals surface area contributed by atoms with Crippen LogP contribution >= 0.6 is 0 Å². The van der Waals surface area contributed by atoms with E-state index >= 15 is 0 Å².